The molecule has 3 N–H and O–H groups in total. The lowest BCUT2D eigenvalue weighted by Gasteiger charge is -2.15. The van der Waals surface area contributed by atoms with Crippen LogP contribution < -0.4 is 15.8 Å². The Bertz CT molecular complexity index is 438. The average molecular weight is 282 g/mol. The van der Waals surface area contributed by atoms with Crippen LogP contribution in [0.25, 0.3) is 0 Å². The van der Waals surface area contributed by atoms with Gasteiger partial charge in [0, 0.05) is 19.5 Å². The summed E-state index contributed by atoms with van der Waals surface area (Å²) in [5.74, 6) is -0.172. The molecule has 1 atom stereocenters. The summed E-state index contributed by atoms with van der Waals surface area (Å²) in [5.41, 5.74) is 6.68. The number of benzene rings is 1. The first-order valence-corrected chi connectivity index (χ1v) is 6.94. The summed E-state index contributed by atoms with van der Waals surface area (Å²) in [6.07, 6.45) is 2.33. The maximum absolute atomic E-state index is 13.8. The largest absolute Gasteiger partial charge is 0.490 e. The van der Waals surface area contributed by atoms with Gasteiger partial charge >= 0.3 is 0 Å². The summed E-state index contributed by atoms with van der Waals surface area (Å²) in [6, 6.07) is 4.84. The Morgan fingerprint density at radius 3 is 2.90 bits per heavy atom. The van der Waals surface area contributed by atoms with Gasteiger partial charge in [0.25, 0.3) is 0 Å². The standard InChI is InChI=1S/C15H23FN2O2/c1-3-12(17)10-11-6-4-7-13(16)15(11)20-9-5-8-14(19)18-2/h4,6-7,12H,3,5,8-10,17H2,1-2H3,(H,18,19). The number of nitrogens with one attached hydrogen (secondary N) is 1. The second-order valence-electron chi connectivity index (χ2n) is 4.73. The maximum atomic E-state index is 13.8. The summed E-state index contributed by atoms with van der Waals surface area (Å²) >= 11 is 0. The Labute approximate surface area is 119 Å². The van der Waals surface area contributed by atoms with Gasteiger partial charge in [-0.25, -0.2) is 4.39 Å². The zero-order valence-electron chi connectivity index (χ0n) is 12.1. The van der Waals surface area contributed by atoms with Gasteiger partial charge in [-0.2, -0.15) is 0 Å². The van der Waals surface area contributed by atoms with Gasteiger partial charge in [0.05, 0.1) is 6.61 Å². The molecule has 4 nitrogen and oxygen atoms in total. The normalized spacial score (nSPS) is 12.0. The van der Waals surface area contributed by atoms with Crippen molar-refractivity contribution in [2.24, 2.45) is 5.73 Å². The van der Waals surface area contributed by atoms with Crippen molar-refractivity contribution < 1.29 is 13.9 Å². The Balaban J connectivity index is 2.61. The van der Waals surface area contributed by atoms with Gasteiger partial charge in [-0.1, -0.05) is 19.1 Å². The minimum Gasteiger partial charge on any atom is -0.490 e. The Kier molecular flexibility index (Phi) is 7.01. The molecule has 1 amide bonds. The maximum Gasteiger partial charge on any atom is 0.219 e. The Morgan fingerprint density at radius 1 is 1.50 bits per heavy atom. The molecule has 0 aliphatic carbocycles. The highest BCUT2D eigenvalue weighted by Gasteiger charge is 2.12. The molecule has 1 unspecified atom stereocenters. The fraction of sp³-hybridized carbons (Fsp3) is 0.533. The number of nitrogens with two attached hydrogens (primary N) is 1. The predicted octanol–water partition coefficient (Wildman–Crippen LogP) is 2.01. The number of carbonyl (C=O) groups is 1. The van der Waals surface area contributed by atoms with Crippen LogP contribution in [0.1, 0.15) is 31.7 Å². The van der Waals surface area contributed by atoms with Crippen molar-refractivity contribution >= 4 is 5.91 Å². The molecule has 0 aromatic heterocycles. The SMILES string of the molecule is CCC(N)Cc1cccc(F)c1OCCCC(=O)NC. The minimum atomic E-state index is -0.384. The highest BCUT2D eigenvalue weighted by Crippen LogP contribution is 2.24. The predicted molar refractivity (Wildman–Crippen MR) is 77.2 cm³/mol. The van der Waals surface area contributed by atoms with E-state index < -0.39 is 0 Å². The molecule has 5 heteroatoms. The third kappa shape index (κ3) is 5.17. The van der Waals surface area contributed by atoms with Crippen LogP contribution in [-0.2, 0) is 11.2 Å². The number of rotatable bonds is 8. The molecule has 112 valence electrons. The fourth-order valence-electron chi connectivity index (χ4n) is 1.83. The molecular weight excluding hydrogens is 259 g/mol. The number of amides is 1. The lowest BCUT2D eigenvalue weighted by molar-refractivity contribution is -0.120. The van der Waals surface area contributed by atoms with Crippen molar-refractivity contribution in [3.05, 3.63) is 29.6 Å². The first kappa shape index (κ1) is 16.4. The third-order valence-electron chi connectivity index (χ3n) is 3.13. The number of ether oxygens (including phenoxy) is 1. The van der Waals surface area contributed by atoms with Crippen molar-refractivity contribution in [2.45, 2.75) is 38.6 Å². The summed E-state index contributed by atoms with van der Waals surface area (Å²) < 4.78 is 19.3. The topological polar surface area (TPSA) is 64.3 Å². The second-order valence-corrected chi connectivity index (χ2v) is 4.73. The average Bonchev–Trinajstić information content (AvgIpc) is 2.45. The van der Waals surface area contributed by atoms with E-state index >= 15 is 0 Å². The molecule has 0 heterocycles. The van der Waals surface area contributed by atoms with E-state index in [1.54, 1.807) is 13.1 Å². The second kappa shape index (κ2) is 8.53. The van der Waals surface area contributed by atoms with Crippen molar-refractivity contribution in [3.63, 3.8) is 0 Å². The third-order valence-corrected chi connectivity index (χ3v) is 3.13. The van der Waals surface area contributed by atoms with Crippen LogP contribution in [0, 0.1) is 5.82 Å². The van der Waals surface area contributed by atoms with E-state index in [1.165, 1.54) is 6.07 Å². The summed E-state index contributed by atoms with van der Waals surface area (Å²) in [6.45, 7) is 2.30. The van der Waals surface area contributed by atoms with Crippen LogP contribution in [0.3, 0.4) is 0 Å². The van der Waals surface area contributed by atoms with Crippen molar-refractivity contribution in [2.75, 3.05) is 13.7 Å². The van der Waals surface area contributed by atoms with Gasteiger partial charge in [-0.15, -0.1) is 0 Å². The van der Waals surface area contributed by atoms with E-state index in [1.807, 2.05) is 13.0 Å². The van der Waals surface area contributed by atoms with Crippen LogP contribution >= 0.6 is 0 Å². The number of halogens is 1. The first-order valence-electron chi connectivity index (χ1n) is 6.94. The van der Waals surface area contributed by atoms with Crippen molar-refractivity contribution in [1.82, 2.24) is 5.32 Å². The van der Waals surface area contributed by atoms with E-state index in [2.05, 4.69) is 5.32 Å². The molecule has 0 bridgehead atoms. The van der Waals surface area contributed by atoms with Gasteiger partial charge in [0.15, 0.2) is 11.6 Å². The molecule has 0 saturated heterocycles. The molecule has 0 spiro atoms. The molecule has 1 aromatic rings. The quantitative estimate of drug-likeness (QED) is 0.717. The van der Waals surface area contributed by atoms with Crippen LogP contribution in [0.4, 0.5) is 4.39 Å². The lowest BCUT2D eigenvalue weighted by atomic mass is 10.0. The van der Waals surface area contributed by atoms with Gasteiger partial charge < -0.3 is 15.8 Å². The van der Waals surface area contributed by atoms with Crippen LogP contribution in [-0.4, -0.2) is 25.6 Å². The Hall–Kier alpha value is -1.62. The molecule has 0 fully saturated rings. The van der Waals surface area contributed by atoms with Crippen LogP contribution in [0.5, 0.6) is 5.75 Å². The zero-order valence-corrected chi connectivity index (χ0v) is 12.1. The van der Waals surface area contributed by atoms with Gasteiger partial charge in [-0.05, 0) is 30.9 Å². The molecule has 20 heavy (non-hydrogen) atoms. The Morgan fingerprint density at radius 2 is 2.25 bits per heavy atom. The van der Waals surface area contributed by atoms with Gasteiger partial charge in [0.2, 0.25) is 5.91 Å². The minimum absolute atomic E-state index is 0.00924. The van der Waals surface area contributed by atoms with Crippen LogP contribution in [0.15, 0.2) is 18.2 Å². The summed E-state index contributed by atoms with van der Waals surface area (Å²) in [7, 11) is 1.59. The van der Waals surface area contributed by atoms with Crippen molar-refractivity contribution in [1.29, 1.82) is 0 Å². The van der Waals surface area contributed by atoms with E-state index in [4.69, 9.17) is 10.5 Å². The number of carbonyl (C=O) groups excluding carboxylic acids is 1. The number of para-hydroxylation sites is 1. The lowest BCUT2D eigenvalue weighted by Crippen LogP contribution is -2.22. The molecule has 1 rings (SSSR count). The van der Waals surface area contributed by atoms with E-state index in [9.17, 15) is 9.18 Å². The summed E-state index contributed by atoms with van der Waals surface area (Å²) in [5, 5.41) is 2.54. The molecule has 0 aliphatic rings. The van der Waals surface area contributed by atoms with E-state index in [0.717, 1.165) is 12.0 Å². The number of hydrogen-bond donors (Lipinski definition) is 2. The van der Waals surface area contributed by atoms with Crippen LogP contribution in [0.2, 0.25) is 0 Å². The molecule has 0 saturated carbocycles. The number of hydrogen-bond acceptors (Lipinski definition) is 3. The van der Waals surface area contributed by atoms with Gasteiger partial charge in [-0.3, -0.25) is 4.79 Å². The molecule has 0 aliphatic heterocycles. The highest BCUT2D eigenvalue weighted by molar-refractivity contribution is 5.75. The smallest absolute Gasteiger partial charge is 0.219 e. The van der Waals surface area contributed by atoms with Gasteiger partial charge in [0.1, 0.15) is 0 Å². The van der Waals surface area contributed by atoms with E-state index in [0.29, 0.717) is 25.9 Å². The van der Waals surface area contributed by atoms with Crippen molar-refractivity contribution in [3.8, 4) is 5.75 Å². The van der Waals surface area contributed by atoms with E-state index in [-0.39, 0.29) is 23.5 Å². The highest BCUT2D eigenvalue weighted by atomic mass is 19.1. The fourth-order valence-corrected chi connectivity index (χ4v) is 1.83. The molecule has 0 radical (unpaired) electrons. The molecule has 1 aromatic carbocycles. The summed E-state index contributed by atoms with van der Waals surface area (Å²) in [4.78, 5) is 11.1. The zero-order chi connectivity index (χ0) is 15.0. The molecular formula is C15H23FN2O2. The first-order chi connectivity index (χ1) is 9.58. The monoisotopic (exact) mass is 282 g/mol.